The van der Waals surface area contributed by atoms with Gasteiger partial charge >= 0.3 is 0 Å². The van der Waals surface area contributed by atoms with Crippen LogP contribution in [0, 0.1) is 0 Å². The van der Waals surface area contributed by atoms with E-state index >= 15 is 0 Å². The average molecular weight is 168 g/mol. The molecule has 12 heavy (non-hydrogen) atoms. The highest BCUT2D eigenvalue weighted by molar-refractivity contribution is 4.93. The molecule has 0 heterocycles. The standard InChI is InChI=1S/C11H20O/c1-4-7-8-9-10-12-11(5-2)6-3/h5-6,11H,2-4,7-10H2,1H3. The third-order valence-electron chi connectivity index (χ3n) is 1.77. The van der Waals surface area contributed by atoms with Gasteiger partial charge in [0.1, 0.15) is 0 Å². The lowest BCUT2D eigenvalue weighted by atomic mass is 10.2. The molecular formula is C11H20O. The van der Waals surface area contributed by atoms with E-state index in [0.717, 1.165) is 13.0 Å². The number of ether oxygens (including phenoxy) is 1. The second-order valence-electron chi connectivity index (χ2n) is 2.87. The maximum Gasteiger partial charge on any atom is 0.0932 e. The summed E-state index contributed by atoms with van der Waals surface area (Å²) in [4.78, 5) is 0. The van der Waals surface area contributed by atoms with Gasteiger partial charge in [0.15, 0.2) is 0 Å². The van der Waals surface area contributed by atoms with E-state index in [9.17, 15) is 0 Å². The molecule has 0 aliphatic rings. The van der Waals surface area contributed by atoms with Crippen molar-refractivity contribution in [1.29, 1.82) is 0 Å². The Kier molecular flexibility index (Phi) is 8.14. The summed E-state index contributed by atoms with van der Waals surface area (Å²) in [5, 5.41) is 0. The zero-order valence-corrected chi connectivity index (χ0v) is 8.09. The van der Waals surface area contributed by atoms with Crippen LogP contribution in [-0.2, 0) is 4.74 Å². The molecule has 0 amide bonds. The molecular weight excluding hydrogens is 148 g/mol. The van der Waals surface area contributed by atoms with Gasteiger partial charge in [-0.2, -0.15) is 0 Å². The smallest absolute Gasteiger partial charge is 0.0932 e. The van der Waals surface area contributed by atoms with Gasteiger partial charge in [-0.25, -0.2) is 0 Å². The fourth-order valence-corrected chi connectivity index (χ4v) is 0.981. The lowest BCUT2D eigenvalue weighted by molar-refractivity contribution is 0.112. The topological polar surface area (TPSA) is 9.23 Å². The van der Waals surface area contributed by atoms with Crippen LogP contribution in [0.2, 0.25) is 0 Å². The van der Waals surface area contributed by atoms with Gasteiger partial charge in [-0.15, -0.1) is 13.2 Å². The first-order chi connectivity index (χ1) is 5.85. The van der Waals surface area contributed by atoms with Crippen molar-refractivity contribution >= 4 is 0 Å². The number of hydrogen-bond acceptors (Lipinski definition) is 1. The average Bonchev–Trinajstić information content (AvgIpc) is 2.11. The third kappa shape index (κ3) is 6.17. The van der Waals surface area contributed by atoms with Gasteiger partial charge < -0.3 is 4.74 Å². The SMILES string of the molecule is C=CC(C=C)OCCCCCC. The second-order valence-corrected chi connectivity index (χ2v) is 2.87. The molecule has 0 aromatic heterocycles. The molecule has 0 fully saturated rings. The highest BCUT2D eigenvalue weighted by Gasteiger charge is 1.96. The van der Waals surface area contributed by atoms with Crippen molar-refractivity contribution in [2.75, 3.05) is 6.61 Å². The van der Waals surface area contributed by atoms with E-state index in [4.69, 9.17) is 4.74 Å². The fourth-order valence-electron chi connectivity index (χ4n) is 0.981. The van der Waals surface area contributed by atoms with Crippen molar-refractivity contribution in [1.82, 2.24) is 0 Å². The minimum absolute atomic E-state index is 0.0339. The van der Waals surface area contributed by atoms with Gasteiger partial charge in [0.2, 0.25) is 0 Å². The van der Waals surface area contributed by atoms with Crippen molar-refractivity contribution in [3.05, 3.63) is 25.3 Å². The van der Waals surface area contributed by atoms with Crippen LogP contribution in [0.3, 0.4) is 0 Å². The number of rotatable bonds is 8. The van der Waals surface area contributed by atoms with Crippen LogP contribution < -0.4 is 0 Å². The van der Waals surface area contributed by atoms with Crippen LogP contribution in [0.25, 0.3) is 0 Å². The molecule has 0 atom stereocenters. The zero-order valence-electron chi connectivity index (χ0n) is 8.09. The predicted molar refractivity (Wildman–Crippen MR) is 54.3 cm³/mol. The molecule has 0 saturated heterocycles. The van der Waals surface area contributed by atoms with Gasteiger partial charge in [-0.3, -0.25) is 0 Å². The van der Waals surface area contributed by atoms with Crippen molar-refractivity contribution in [3.8, 4) is 0 Å². The number of hydrogen-bond donors (Lipinski definition) is 0. The maximum atomic E-state index is 5.45. The summed E-state index contributed by atoms with van der Waals surface area (Å²) in [6, 6.07) is 0. The van der Waals surface area contributed by atoms with E-state index in [-0.39, 0.29) is 6.10 Å². The first kappa shape index (κ1) is 11.4. The summed E-state index contributed by atoms with van der Waals surface area (Å²) in [6.45, 7) is 10.3. The highest BCUT2D eigenvalue weighted by Crippen LogP contribution is 2.01. The van der Waals surface area contributed by atoms with Crippen molar-refractivity contribution in [2.24, 2.45) is 0 Å². The first-order valence-corrected chi connectivity index (χ1v) is 4.71. The quantitative estimate of drug-likeness (QED) is 0.399. The Morgan fingerprint density at radius 3 is 2.33 bits per heavy atom. The Morgan fingerprint density at radius 1 is 1.17 bits per heavy atom. The van der Waals surface area contributed by atoms with Crippen LogP contribution in [0.15, 0.2) is 25.3 Å². The molecule has 0 aromatic carbocycles. The normalized spacial score (nSPS) is 10.2. The zero-order chi connectivity index (χ0) is 9.23. The summed E-state index contributed by atoms with van der Waals surface area (Å²) >= 11 is 0. The molecule has 0 aliphatic carbocycles. The minimum Gasteiger partial charge on any atom is -0.370 e. The lowest BCUT2D eigenvalue weighted by Gasteiger charge is -2.08. The molecule has 1 nitrogen and oxygen atoms in total. The van der Waals surface area contributed by atoms with Crippen molar-refractivity contribution in [2.45, 2.75) is 38.7 Å². The Morgan fingerprint density at radius 2 is 1.83 bits per heavy atom. The first-order valence-electron chi connectivity index (χ1n) is 4.71. The van der Waals surface area contributed by atoms with Gasteiger partial charge in [0.05, 0.1) is 6.10 Å². The predicted octanol–water partition coefficient (Wildman–Crippen LogP) is 3.32. The Hall–Kier alpha value is -0.560. The van der Waals surface area contributed by atoms with Crippen LogP contribution >= 0.6 is 0 Å². The van der Waals surface area contributed by atoms with Gasteiger partial charge in [-0.1, -0.05) is 38.3 Å². The maximum absolute atomic E-state index is 5.45. The molecule has 0 N–H and O–H groups in total. The third-order valence-corrected chi connectivity index (χ3v) is 1.77. The van der Waals surface area contributed by atoms with Crippen LogP contribution in [-0.4, -0.2) is 12.7 Å². The second kappa shape index (κ2) is 8.54. The fraction of sp³-hybridized carbons (Fsp3) is 0.636. The summed E-state index contributed by atoms with van der Waals surface area (Å²) in [5.41, 5.74) is 0. The van der Waals surface area contributed by atoms with E-state index in [0.29, 0.717) is 0 Å². The molecule has 0 spiro atoms. The number of unbranched alkanes of at least 4 members (excludes halogenated alkanes) is 3. The molecule has 0 aromatic rings. The van der Waals surface area contributed by atoms with E-state index in [1.165, 1.54) is 19.3 Å². The van der Waals surface area contributed by atoms with E-state index in [1.807, 2.05) is 0 Å². The van der Waals surface area contributed by atoms with Crippen LogP contribution in [0.4, 0.5) is 0 Å². The Labute approximate surface area is 76.1 Å². The molecule has 0 unspecified atom stereocenters. The molecule has 1 heteroatoms. The molecule has 0 rings (SSSR count). The summed E-state index contributed by atoms with van der Waals surface area (Å²) in [7, 11) is 0. The molecule has 0 radical (unpaired) electrons. The van der Waals surface area contributed by atoms with E-state index in [1.54, 1.807) is 12.2 Å². The largest absolute Gasteiger partial charge is 0.370 e. The molecule has 70 valence electrons. The van der Waals surface area contributed by atoms with E-state index in [2.05, 4.69) is 20.1 Å². The lowest BCUT2D eigenvalue weighted by Crippen LogP contribution is -2.06. The van der Waals surface area contributed by atoms with Crippen LogP contribution in [0.5, 0.6) is 0 Å². The summed E-state index contributed by atoms with van der Waals surface area (Å²) < 4.78 is 5.45. The Balaban J connectivity index is 3.17. The van der Waals surface area contributed by atoms with Crippen LogP contribution in [0.1, 0.15) is 32.6 Å². The molecule has 0 aliphatic heterocycles. The van der Waals surface area contributed by atoms with Gasteiger partial charge in [-0.05, 0) is 6.42 Å². The van der Waals surface area contributed by atoms with Gasteiger partial charge in [0.25, 0.3) is 0 Å². The van der Waals surface area contributed by atoms with E-state index < -0.39 is 0 Å². The van der Waals surface area contributed by atoms with Crippen molar-refractivity contribution < 1.29 is 4.74 Å². The van der Waals surface area contributed by atoms with Gasteiger partial charge in [0, 0.05) is 6.61 Å². The summed E-state index contributed by atoms with van der Waals surface area (Å²) in [5.74, 6) is 0. The molecule has 0 bridgehead atoms. The monoisotopic (exact) mass is 168 g/mol. The minimum atomic E-state index is 0.0339. The summed E-state index contributed by atoms with van der Waals surface area (Å²) in [6.07, 6.45) is 8.55. The van der Waals surface area contributed by atoms with Crippen molar-refractivity contribution in [3.63, 3.8) is 0 Å². The highest BCUT2D eigenvalue weighted by atomic mass is 16.5. The molecule has 0 saturated carbocycles. The Bertz CT molecular complexity index is 110.